The fraction of sp³-hybridized carbons (Fsp3) is 0.143. The first kappa shape index (κ1) is 14.1. The molecule has 2 N–H and O–H groups in total. The van der Waals surface area contributed by atoms with E-state index in [1.165, 1.54) is 30.3 Å². The number of amides is 2. The van der Waals surface area contributed by atoms with E-state index in [-0.39, 0.29) is 40.7 Å². The lowest BCUT2D eigenvalue weighted by atomic mass is 9.94. The molecule has 8 nitrogen and oxygen atoms in total. The number of carbonyl (C=O) groups is 2. The lowest BCUT2D eigenvalue weighted by Crippen LogP contribution is -2.50. The highest BCUT2D eigenvalue weighted by Gasteiger charge is 2.34. The Kier molecular flexibility index (Phi) is 3.32. The van der Waals surface area contributed by atoms with Gasteiger partial charge in [-0.3, -0.25) is 19.7 Å². The molecule has 112 valence electrons. The van der Waals surface area contributed by atoms with Crippen molar-refractivity contribution in [2.75, 3.05) is 13.2 Å². The Morgan fingerprint density at radius 2 is 1.82 bits per heavy atom. The van der Waals surface area contributed by atoms with E-state index in [2.05, 4.69) is 5.43 Å². The standard InChI is InChI=1S/C14H11N3O5/c18-7-6-15-16-13(19)9-3-1-2-8-11(17(21)22)5-4-10(12(8)9)14(16)20/h1-5,15,18H,6-7H2. The molecule has 2 aromatic carbocycles. The SMILES string of the molecule is O=C1c2cccc3c([N+](=O)[O-])ccc(c23)C(=O)N1NCCO. The fourth-order valence-corrected chi connectivity index (χ4v) is 2.55. The molecule has 0 aliphatic carbocycles. The van der Waals surface area contributed by atoms with Crippen LogP contribution in [0.4, 0.5) is 5.69 Å². The monoisotopic (exact) mass is 301 g/mol. The van der Waals surface area contributed by atoms with Crippen molar-refractivity contribution in [3.05, 3.63) is 51.6 Å². The van der Waals surface area contributed by atoms with Gasteiger partial charge >= 0.3 is 0 Å². The predicted octanol–water partition coefficient (Wildman–Crippen LogP) is 0.841. The number of aliphatic hydroxyl groups is 1. The van der Waals surface area contributed by atoms with Crippen LogP contribution in [0.3, 0.4) is 0 Å². The molecule has 0 unspecified atom stereocenters. The Labute approximate surface area is 124 Å². The van der Waals surface area contributed by atoms with Crippen LogP contribution >= 0.6 is 0 Å². The molecule has 22 heavy (non-hydrogen) atoms. The van der Waals surface area contributed by atoms with Crippen LogP contribution in [0.25, 0.3) is 10.8 Å². The zero-order valence-corrected chi connectivity index (χ0v) is 11.3. The lowest BCUT2D eigenvalue weighted by Gasteiger charge is -2.27. The second-order valence-electron chi connectivity index (χ2n) is 4.69. The fourth-order valence-electron chi connectivity index (χ4n) is 2.55. The highest BCUT2D eigenvalue weighted by Crippen LogP contribution is 2.34. The number of aliphatic hydroxyl groups excluding tert-OH is 1. The van der Waals surface area contributed by atoms with E-state index in [0.29, 0.717) is 0 Å². The number of imide groups is 1. The summed E-state index contributed by atoms with van der Waals surface area (Å²) in [7, 11) is 0. The van der Waals surface area contributed by atoms with Crippen molar-refractivity contribution >= 4 is 28.3 Å². The van der Waals surface area contributed by atoms with Gasteiger partial charge in [0.2, 0.25) is 0 Å². The van der Waals surface area contributed by atoms with Gasteiger partial charge in [0.05, 0.1) is 28.0 Å². The molecule has 0 aromatic heterocycles. The predicted molar refractivity (Wildman–Crippen MR) is 76.2 cm³/mol. The summed E-state index contributed by atoms with van der Waals surface area (Å²) in [6.07, 6.45) is 0. The van der Waals surface area contributed by atoms with Crippen molar-refractivity contribution in [1.82, 2.24) is 10.4 Å². The molecular weight excluding hydrogens is 290 g/mol. The summed E-state index contributed by atoms with van der Waals surface area (Å²) < 4.78 is 0. The summed E-state index contributed by atoms with van der Waals surface area (Å²) in [4.78, 5) is 35.3. The van der Waals surface area contributed by atoms with Gasteiger partial charge in [-0.25, -0.2) is 10.4 Å². The Balaban J connectivity index is 2.25. The van der Waals surface area contributed by atoms with Crippen LogP contribution in [0.2, 0.25) is 0 Å². The molecular formula is C14H11N3O5. The molecule has 1 aliphatic heterocycles. The Morgan fingerprint density at radius 1 is 1.14 bits per heavy atom. The van der Waals surface area contributed by atoms with Gasteiger partial charge in [-0.2, -0.15) is 0 Å². The van der Waals surface area contributed by atoms with Crippen LogP contribution in [0, 0.1) is 10.1 Å². The highest BCUT2D eigenvalue weighted by molar-refractivity contribution is 6.26. The first-order chi connectivity index (χ1) is 10.6. The number of nitrogens with zero attached hydrogens (tertiary/aromatic N) is 2. The number of non-ortho nitro benzene ring substituents is 1. The maximum Gasteiger partial charge on any atom is 0.277 e. The van der Waals surface area contributed by atoms with E-state index in [1.807, 2.05) is 0 Å². The van der Waals surface area contributed by atoms with Gasteiger partial charge in [0, 0.05) is 18.0 Å². The van der Waals surface area contributed by atoms with Crippen LogP contribution in [0.15, 0.2) is 30.3 Å². The summed E-state index contributed by atoms with van der Waals surface area (Å²) in [5.41, 5.74) is 2.81. The van der Waals surface area contributed by atoms with E-state index < -0.39 is 16.7 Å². The third-order valence-electron chi connectivity index (χ3n) is 3.46. The quantitative estimate of drug-likeness (QED) is 0.491. The van der Waals surface area contributed by atoms with Crippen molar-refractivity contribution in [3.8, 4) is 0 Å². The number of hydrogen-bond donors (Lipinski definition) is 2. The number of carbonyl (C=O) groups excluding carboxylic acids is 2. The second kappa shape index (κ2) is 5.17. The zero-order chi connectivity index (χ0) is 15.9. The minimum absolute atomic E-state index is 0.0375. The average Bonchev–Trinajstić information content (AvgIpc) is 2.51. The summed E-state index contributed by atoms with van der Waals surface area (Å²) in [5, 5.41) is 21.3. The number of nitrogens with one attached hydrogen (secondary N) is 1. The molecule has 3 rings (SSSR count). The molecule has 2 amide bonds. The van der Waals surface area contributed by atoms with E-state index in [1.54, 1.807) is 0 Å². The number of hydrogen-bond acceptors (Lipinski definition) is 6. The molecule has 0 spiro atoms. The molecule has 1 aliphatic rings. The minimum atomic E-state index is -0.600. The Hall–Kier alpha value is -2.84. The summed E-state index contributed by atoms with van der Waals surface area (Å²) in [5.74, 6) is -1.20. The molecule has 0 bridgehead atoms. The van der Waals surface area contributed by atoms with Gasteiger partial charge in [-0.05, 0) is 18.2 Å². The highest BCUT2D eigenvalue weighted by atomic mass is 16.6. The van der Waals surface area contributed by atoms with Gasteiger partial charge < -0.3 is 5.11 Å². The van der Waals surface area contributed by atoms with Gasteiger partial charge in [0.25, 0.3) is 17.5 Å². The molecule has 0 saturated heterocycles. The molecule has 1 heterocycles. The first-order valence-electron chi connectivity index (χ1n) is 6.49. The van der Waals surface area contributed by atoms with Crippen LogP contribution in [-0.4, -0.2) is 40.0 Å². The van der Waals surface area contributed by atoms with E-state index in [0.717, 1.165) is 5.01 Å². The van der Waals surface area contributed by atoms with E-state index in [4.69, 9.17) is 5.11 Å². The second-order valence-corrected chi connectivity index (χ2v) is 4.69. The van der Waals surface area contributed by atoms with Gasteiger partial charge in [0.1, 0.15) is 0 Å². The van der Waals surface area contributed by atoms with Crippen LogP contribution in [0.1, 0.15) is 20.7 Å². The first-order valence-corrected chi connectivity index (χ1v) is 6.49. The van der Waals surface area contributed by atoms with E-state index >= 15 is 0 Å². The summed E-state index contributed by atoms with van der Waals surface area (Å²) >= 11 is 0. The molecule has 0 atom stereocenters. The minimum Gasteiger partial charge on any atom is -0.395 e. The summed E-state index contributed by atoms with van der Waals surface area (Å²) in [6, 6.07) is 7.15. The lowest BCUT2D eigenvalue weighted by molar-refractivity contribution is -0.383. The Bertz CT molecular complexity index is 795. The Morgan fingerprint density at radius 3 is 2.45 bits per heavy atom. The molecule has 8 heteroatoms. The topological polar surface area (TPSA) is 113 Å². The van der Waals surface area contributed by atoms with E-state index in [9.17, 15) is 19.7 Å². The maximum atomic E-state index is 12.4. The van der Waals surface area contributed by atoms with Gasteiger partial charge in [-0.1, -0.05) is 6.07 Å². The smallest absolute Gasteiger partial charge is 0.277 e. The molecule has 2 aromatic rings. The largest absolute Gasteiger partial charge is 0.395 e. The molecule has 0 saturated carbocycles. The molecule has 0 radical (unpaired) electrons. The van der Waals surface area contributed by atoms with Crippen LogP contribution < -0.4 is 5.43 Å². The summed E-state index contributed by atoms with van der Waals surface area (Å²) in [6.45, 7) is -0.204. The maximum absolute atomic E-state index is 12.4. The normalized spacial score (nSPS) is 13.8. The number of nitro groups is 1. The van der Waals surface area contributed by atoms with Crippen molar-refractivity contribution in [2.24, 2.45) is 0 Å². The zero-order valence-electron chi connectivity index (χ0n) is 11.3. The van der Waals surface area contributed by atoms with Crippen molar-refractivity contribution in [3.63, 3.8) is 0 Å². The third-order valence-corrected chi connectivity index (χ3v) is 3.46. The number of rotatable bonds is 4. The third kappa shape index (κ3) is 1.93. The molecule has 0 fully saturated rings. The number of benzene rings is 2. The number of nitro benzene ring substituents is 1. The number of hydrazine groups is 1. The average molecular weight is 301 g/mol. The van der Waals surface area contributed by atoms with Gasteiger partial charge in [0.15, 0.2) is 0 Å². The van der Waals surface area contributed by atoms with Crippen molar-refractivity contribution in [1.29, 1.82) is 0 Å². The van der Waals surface area contributed by atoms with Crippen LogP contribution in [0.5, 0.6) is 0 Å². The van der Waals surface area contributed by atoms with Crippen LogP contribution in [-0.2, 0) is 0 Å². The van der Waals surface area contributed by atoms with Crippen molar-refractivity contribution in [2.45, 2.75) is 0 Å². The van der Waals surface area contributed by atoms with Crippen molar-refractivity contribution < 1.29 is 19.6 Å². The van der Waals surface area contributed by atoms with Gasteiger partial charge in [-0.15, -0.1) is 0 Å².